The minimum absolute atomic E-state index is 0.0806. The number of rotatable bonds is 5. The van der Waals surface area contributed by atoms with Crippen molar-refractivity contribution in [1.82, 2.24) is 5.16 Å². The molecule has 7 nitrogen and oxygen atoms in total. The second kappa shape index (κ2) is 6.62. The molecule has 1 N–H and O–H groups in total. The van der Waals surface area contributed by atoms with Gasteiger partial charge in [-0.2, -0.15) is 0 Å². The highest BCUT2D eigenvalue weighted by Crippen LogP contribution is 2.39. The van der Waals surface area contributed by atoms with Gasteiger partial charge in [-0.25, -0.2) is 8.42 Å². The number of methoxy groups -OCH3 is 2. The maximum atomic E-state index is 13.0. The summed E-state index contributed by atoms with van der Waals surface area (Å²) in [5.41, 5.74) is 2.83. The first-order chi connectivity index (χ1) is 13.0. The molecule has 3 aromatic rings. The lowest BCUT2D eigenvalue weighted by Crippen LogP contribution is -2.17. The van der Waals surface area contributed by atoms with E-state index in [0.717, 1.165) is 23.1 Å². The number of anilines is 1. The predicted molar refractivity (Wildman–Crippen MR) is 99.7 cm³/mol. The molecule has 0 spiro atoms. The maximum Gasteiger partial charge on any atom is 0.270 e. The monoisotopic (exact) mass is 386 g/mol. The van der Waals surface area contributed by atoms with Crippen molar-refractivity contribution >= 4 is 15.8 Å². The van der Waals surface area contributed by atoms with Crippen LogP contribution < -0.4 is 14.2 Å². The van der Waals surface area contributed by atoms with Crippen molar-refractivity contribution in [2.45, 2.75) is 17.7 Å². The fraction of sp³-hybridized carbons (Fsp3) is 0.211. The van der Waals surface area contributed by atoms with Crippen LogP contribution in [0.15, 0.2) is 51.9 Å². The molecule has 1 aliphatic rings. The van der Waals surface area contributed by atoms with Gasteiger partial charge in [-0.05, 0) is 30.5 Å². The summed E-state index contributed by atoms with van der Waals surface area (Å²) in [5.74, 6) is 1.16. The zero-order valence-corrected chi connectivity index (χ0v) is 15.7. The van der Waals surface area contributed by atoms with Crippen LogP contribution in [0.1, 0.15) is 11.1 Å². The third-order valence-electron chi connectivity index (χ3n) is 4.58. The molecule has 1 aromatic heterocycles. The van der Waals surface area contributed by atoms with Gasteiger partial charge in [0.05, 0.1) is 14.2 Å². The lowest BCUT2D eigenvalue weighted by Gasteiger charge is -2.16. The van der Waals surface area contributed by atoms with Crippen LogP contribution in [0.2, 0.25) is 0 Å². The van der Waals surface area contributed by atoms with Crippen molar-refractivity contribution in [3.8, 4) is 22.8 Å². The van der Waals surface area contributed by atoms with Crippen molar-refractivity contribution in [2.75, 3.05) is 18.9 Å². The van der Waals surface area contributed by atoms with Gasteiger partial charge in [-0.1, -0.05) is 35.5 Å². The number of benzene rings is 2. The molecule has 0 amide bonds. The zero-order valence-electron chi connectivity index (χ0n) is 14.9. The molecular weight excluding hydrogens is 368 g/mol. The number of nitrogens with one attached hydrogen (secondary N) is 1. The lowest BCUT2D eigenvalue weighted by molar-refractivity contribution is 0.373. The van der Waals surface area contributed by atoms with Gasteiger partial charge in [-0.15, -0.1) is 0 Å². The van der Waals surface area contributed by atoms with Crippen LogP contribution in [0.4, 0.5) is 5.82 Å². The summed E-state index contributed by atoms with van der Waals surface area (Å²) in [6.07, 6.45) is 1.42. The van der Waals surface area contributed by atoms with E-state index in [4.69, 9.17) is 14.0 Å². The van der Waals surface area contributed by atoms with E-state index < -0.39 is 10.0 Å². The first-order valence-corrected chi connectivity index (χ1v) is 9.84. The Bertz CT molecular complexity index is 1080. The average molecular weight is 386 g/mol. The Labute approximate surface area is 157 Å². The molecule has 1 heterocycles. The third kappa shape index (κ3) is 2.91. The van der Waals surface area contributed by atoms with E-state index in [9.17, 15) is 8.42 Å². The molecule has 0 saturated heterocycles. The Morgan fingerprint density at radius 2 is 1.70 bits per heavy atom. The zero-order chi connectivity index (χ0) is 19.0. The van der Waals surface area contributed by atoms with Crippen molar-refractivity contribution in [1.29, 1.82) is 0 Å². The van der Waals surface area contributed by atoms with E-state index in [1.54, 1.807) is 18.2 Å². The summed E-state index contributed by atoms with van der Waals surface area (Å²) in [4.78, 5) is -0.0806. The van der Waals surface area contributed by atoms with E-state index in [-0.39, 0.29) is 22.2 Å². The van der Waals surface area contributed by atoms with Crippen LogP contribution in [0.3, 0.4) is 0 Å². The van der Waals surface area contributed by atoms with Crippen molar-refractivity contribution in [3.05, 3.63) is 53.6 Å². The first-order valence-electron chi connectivity index (χ1n) is 8.36. The molecule has 0 atom stereocenters. The molecule has 4 rings (SSSR count). The second-order valence-electron chi connectivity index (χ2n) is 6.09. The Morgan fingerprint density at radius 3 is 2.41 bits per heavy atom. The van der Waals surface area contributed by atoms with Crippen LogP contribution in [0, 0.1) is 0 Å². The SMILES string of the molecule is COc1cccc(OC)c1S(=O)(=O)Nc1noc2c1CCc1ccccc1-2. The van der Waals surface area contributed by atoms with Gasteiger partial charge in [-0.3, -0.25) is 4.72 Å². The average Bonchev–Trinajstić information content (AvgIpc) is 3.09. The summed E-state index contributed by atoms with van der Waals surface area (Å²) in [5, 5.41) is 3.97. The molecule has 1 aliphatic carbocycles. The van der Waals surface area contributed by atoms with Gasteiger partial charge in [0, 0.05) is 11.1 Å². The first kappa shape index (κ1) is 17.4. The maximum absolute atomic E-state index is 13.0. The van der Waals surface area contributed by atoms with Crippen molar-refractivity contribution in [2.24, 2.45) is 0 Å². The summed E-state index contributed by atoms with van der Waals surface area (Å²) in [6.45, 7) is 0. The third-order valence-corrected chi connectivity index (χ3v) is 5.98. The van der Waals surface area contributed by atoms with Crippen LogP contribution >= 0.6 is 0 Å². The van der Waals surface area contributed by atoms with Crippen LogP contribution in [-0.2, 0) is 22.9 Å². The summed E-state index contributed by atoms with van der Waals surface area (Å²) in [7, 11) is -1.19. The van der Waals surface area contributed by atoms with Gasteiger partial charge in [0.1, 0.15) is 11.5 Å². The molecular formula is C19H18N2O5S. The van der Waals surface area contributed by atoms with Gasteiger partial charge in [0.15, 0.2) is 16.5 Å². The largest absolute Gasteiger partial charge is 0.495 e. The Balaban J connectivity index is 1.76. The van der Waals surface area contributed by atoms with Gasteiger partial charge in [0.2, 0.25) is 0 Å². The smallest absolute Gasteiger partial charge is 0.270 e. The lowest BCUT2D eigenvalue weighted by atomic mass is 9.91. The minimum Gasteiger partial charge on any atom is -0.495 e. The van der Waals surface area contributed by atoms with Gasteiger partial charge >= 0.3 is 0 Å². The standard InChI is InChI=1S/C19H18N2O5S/c1-24-15-8-5-9-16(25-2)18(15)27(22,23)21-19-14-11-10-12-6-3-4-7-13(12)17(14)26-20-19/h3-9H,10-11H2,1-2H3,(H,20,21). The second-order valence-corrected chi connectivity index (χ2v) is 7.71. The number of ether oxygens (including phenoxy) is 2. The molecule has 0 radical (unpaired) electrons. The minimum atomic E-state index is -4.00. The molecule has 27 heavy (non-hydrogen) atoms. The Hall–Kier alpha value is -3.00. The van der Waals surface area contributed by atoms with Gasteiger partial charge < -0.3 is 14.0 Å². The summed E-state index contributed by atoms with van der Waals surface area (Å²) >= 11 is 0. The molecule has 140 valence electrons. The van der Waals surface area contributed by atoms with E-state index in [1.165, 1.54) is 14.2 Å². The Kier molecular flexibility index (Phi) is 4.27. The Morgan fingerprint density at radius 1 is 1.00 bits per heavy atom. The van der Waals surface area contributed by atoms with E-state index in [2.05, 4.69) is 9.88 Å². The molecule has 0 bridgehead atoms. The number of sulfonamides is 1. The topological polar surface area (TPSA) is 90.7 Å². The number of nitrogens with zero attached hydrogens (tertiary/aromatic N) is 1. The highest BCUT2D eigenvalue weighted by molar-refractivity contribution is 7.93. The molecule has 2 aromatic carbocycles. The highest BCUT2D eigenvalue weighted by atomic mass is 32.2. The molecule has 0 saturated carbocycles. The normalized spacial score (nSPS) is 12.8. The van der Waals surface area contributed by atoms with E-state index in [0.29, 0.717) is 12.2 Å². The number of aryl methyl sites for hydroxylation is 1. The molecule has 0 fully saturated rings. The van der Waals surface area contributed by atoms with Crippen molar-refractivity contribution in [3.63, 3.8) is 0 Å². The predicted octanol–water partition coefficient (Wildman–Crippen LogP) is 3.26. The van der Waals surface area contributed by atoms with Crippen LogP contribution in [-0.4, -0.2) is 27.8 Å². The number of fused-ring (bicyclic) bond motifs is 3. The van der Waals surface area contributed by atoms with Crippen LogP contribution in [0.5, 0.6) is 11.5 Å². The fourth-order valence-electron chi connectivity index (χ4n) is 3.31. The highest BCUT2D eigenvalue weighted by Gasteiger charge is 2.30. The van der Waals surface area contributed by atoms with E-state index in [1.807, 2.05) is 24.3 Å². The number of hydrogen-bond acceptors (Lipinski definition) is 6. The van der Waals surface area contributed by atoms with Crippen molar-refractivity contribution < 1.29 is 22.4 Å². The summed E-state index contributed by atoms with van der Waals surface area (Å²) < 4.78 is 44.5. The quantitative estimate of drug-likeness (QED) is 0.724. The van der Waals surface area contributed by atoms with Crippen LogP contribution in [0.25, 0.3) is 11.3 Å². The fourth-order valence-corrected chi connectivity index (χ4v) is 4.66. The number of aromatic nitrogens is 1. The van der Waals surface area contributed by atoms with Gasteiger partial charge in [0.25, 0.3) is 10.0 Å². The van der Waals surface area contributed by atoms with E-state index >= 15 is 0 Å². The molecule has 0 unspecified atom stereocenters. The molecule has 0 aliphatic heterocycles. The number of hydrogen-bond donors (Lipinski definition) is 1. The molecule has 8 heteroatoms. The summed E-state index contributed by atoms with van der Waals surface area (Å²) in [6, 6.07) is 12.6.